The third-order valence-electron chi connectivity index (χ3n) is 4.19. The van der Waals surface area contributed by atoms with Crippen LogP contribution >= 0.6 is 0 Å². The van der Waals surface area contributed by atoms with Gasteiger partial charge in [-0.1, -0.05) is 18.2 Å². The van der Waals surface area contributed by atoms with Crippen LogP contribution in [0.1, 0.15) is 12.8 Å². The van der Waals surface area contributed by atoms with E-state index in [1.54, 1.807) is 30.3 Å². The molecule has 2 heterocycles. The van der Waals surface area contributed by atoms with Gasteiger partial charge >= 0.3 is 0 Å². The highest BCUT2D eigenvalue weighted by molar-refractivity contribution is 7.89. The summed E-state index contributed by atoms with van der Waals surface area (Å²) in [6, 6.07) is 11.5. The van der Waals surface area contributed by atoms with Crippen LogP contribution in [0.2, 0.25) is 0 Å². The number of aromatic nitrogens is 1. The van der Waals surface area contributed by atoms with E-state index in [4.69, 9.17) is 0 Å². The average molecular weight is 347 g/mol. The number of benzene rings is 1. The van der Waals surface area contributed by atoms with Crippen molar-refractivity contribution < 1.29 is 13.2 Å². The molecule has 0 spiro atoms. The van der Waals surface area contributed by atoms with Gasteiger partial charge in [0.05, 0.1) is 4.90 Å². The van der Waals surface area contributed by atoms with Crippen LogP contribution in [0, 0.1) is 0 Å². The second-order valence-electron chi connectivity index (χ2n) is 5.80. The van der Waals surface area contributed by atoms with Gasteiger partial charge in [-0.3, -0.25) is 4.79 Å². The van der Waals surface area contributed by atoms with Gasteiger partial charge in [0.2, 0.25) is 15.9 Å². The number of hydrogen-bond acceptors (Lipinski definition) is 3. The number of nitrogens with zero attached hydrogens (tertiary/aromatic N) is 2. The van der Waals surface area contributed by atoms with Crippen LogP contribution in [-0.4, -0.2) is 42.3 Å². The lowest BCUT2D eigenvalue weighted by atomic mass is 10.2. The van der Waals surface area contributed by atoms with Gasteiger partial charge in [-0.25, -0.2) is 8.42 Å². The van der Waals surface area contributed by atoms with Gasteiger partial charge in [-0.2, -0.15) is 4.31 Å². The summed E-state index contributed by atoms with van der Waals surface area (Å²) >= 11 is 0. The van der Waals surface area contributed by atoms with E-state index in [2.05, 4.69) is 5.32 Å². The summed E-state index contributed by atoms with van der Waals surface area (Å²) in [5.41, 5.74) is 0. The lowest BCUT2D eigenvalue weighted by Gasteiger charge is -2.23. The fourth-order valence-electron chi connectivity index (χ4n) is 2.96. The number of carbonyl (C=O) groups excluding carboxylic acids is 1. The Kier molecular flexibility index (Phi) is 5.01. The third kappa shape index (κ3) is 3.52. The van der Waals surface area contributed by atoms with Crippen LogP contribution in [0.25, 0.3) is 0 Å². The Balaban J connectivity index is 1.65. The van der Waals surface area contributed by atoms with Gasteiger partial charge in [-0.05, 0) is 37.1 Å². The monoisotopic (exact) mass is 347 g/mol. The van der Waals surface area contributed by atoms with Crippen LogP contribution in [0.4, 0.5) is 0 Å². The van der Waals surface area contributed by atoms with E-state index in [0.29, 0.717) is 32.5 Å². The normalized spacial score (nSPS) is 18.6. The molecule has 1 amide bonds. The molecule has 1 N–H and O–H groups in total. The Morgan fingerprint density at radius 1 is 1.12 bits per heavy atom. The third-order valence-corrected chi connectivity index (χ3v) is 6.11. The summed E-state index contributed by atoms with van der Waals surface area (Å²) in [5, 5.41) is 2.85. The van der Waals surface area contributed by atoms with Crippen molar-refractivity contribution in [2.24, 2.45) is 0 Å². The molecule has 0 saturated carbocycles. The van der Waals surface area contributed by atoms with Gasteiger partial charge in [-0.15, -0.1) is 0 Å². The SMILES string of the molecule is O=C(NCCn1cccc1)C1CCCN1S(=O)(=O)c1ccccc1. The van der Waals surface area contributed by atoms with Gasteiger partial charge in [0.15, 0.2) is 0 Å². The molecule has 0 aliphatic carbocycles. The molecule has 1 unspecified atom stereocenters. The predicted octanol–water partition coefficient (Wildman–Crippen LogP) is 1.46. The van der Waals surface area contributed by atoms with Crippen LogP contribution < -0.4 is 5.32 Å². The van der Waals surface area contributed by atoms with Crippen molar-refractivity contribution in [1.82, 2.24) is 14.2 Å². The van der Waals surface area contributed by atoms with E-state index in [-0.39, 0.29) is 10.8 Å². The molecular formula is C17H21N3O3S. The number of rotatable bonds is 6. The molecule has 1 fully saturated rings. The molecular weight excluding hydrogens is 326 g/mol. The Labute approximate surface area is 142 Å². The fourth-order valence-corrected chi connectivity index (χ4v) is 4.64. The molecule has 1 aliphatic heterocycles. The lowest BCUT2D eigenvalue weighted by Crippen LogP contribution is -2.46. The van der Waals surface area contributed by atoms with Gasteiger partial charge in [0, 0.05) is 32.0 Å². The van der Waals surface area contributed by atoms with Gasteiger partial charge in [0.25, 0.3) is 0 Å². The van der Waals surface area contributed by atoms with Gasteiger partial charge < -0.3 is 9.88 Å². The summed E-state index contributed by atoms with van der Waals surface area (Å²) in [7, 11) is -3.63. The van der Waals surface area contributed by atoms with Crippen LogP contribution in [0.15, 0.2) is 59.8 Å². The van der Waals surface area contributed by atoms with E-state index in [1.807, 2.05) is 29.1 Å². The second-order valence-corrected chi connectivity index (χ2v) is 7.69. The van der Waals surface area contributed by atoms with Crippen molar-refractivity contribution in [3.63, 3.8) is 0 Å². The van der Waals surface area contributed by atoms with Gasteiger partial charge in [0.1, 0.15) is 6.04 Å². The van der Waals surface area contributed by atoms with E-state index >= 15 is 0 Å². The standard InChI is InChI=1S/C17H21N3O3S/c21-17(18-10-14-19-11-4-5-12-19)16-9-6-13-20(16)24(22,23)15-7-2-1-3-8-15/h1-5,7-8,11-12,16H,6,9-10,13-14H2,(H,18,21). The molecule has 6 nitrogen and oxygen atoms in total. The molecule has 7 heteroatoms. The first-order valence-electron chi connectivity index (χ1n) is 8.04. The number of nitrogens with one attached hydrogen (secondary N) is 1. The van der Waals surface area contributed by atoms with Crippen molar-refractivity contribution in [2.75, 3.05) is 13.1 Å². The Bertz CT molecular complexity index is 773. The molecule has 128 valence electrons. The molecule has 2 aromatic rings. The zero-order valence-electron chi connectivity index (χ0n) is 13.3. The molecule has 1 aromatic carbocycles. The minimum atomic E-state index is -3.63. The number of amides is 1. The van der Waals surface area contributed by atoms with E-state index in [9.17, 15) is 13.2 Å². The van der Waals surface area contributed by atoms with Crippen LogP contribution in [0.3, 0.4) is 0 Å². The van der Waals surface area contributed by atoms with E-state index in [0.717, 1.165) is 0 Å². The van der Waals surface area contributed by atoms with E-state index < -0.39 is 16.1 Å². The van der Waals surface area contributed by atoms with Crippen molar-refractivity contribution in [3.8, 4) is 0 Å². The summed E-state index contributed by atoms with van der Waals surface area (Å²) in [6.45, 7) is 1.52. The quantitative estimate of drug-likeness (QED) is 0.860. The summed E-state index contributed by atoms with van der Waals surface area (Å²) in [4.78, 5) is 12.7. The number of hydrogen-bond donors (Lipinski definition) is 1. The smallest absolute Gasteiger partial charge is 0.243 e. The molecule has 0 bridgehead atoms. The molecule has 1 aliphatic rings. The van der Waals surface area contributed by atoms with Crippen molar-refractivity contribution >= 4 is 15.9 Å². The maximum Gasteiger partial charge on any atom is 0.243 e. The van der Waals surface area contributed by atoms with Crippen LogP contribution in [-0.2, 0) is 21.4 Å². The zero-order chi connectivity index (χ0) is 17.0. The number of sulfonamides is 1. The maximum absolute atomic E-state index is 12.8. The molecule has 1 aromatic heterocycles. The highest BCUT2D eigenvalue weighted by Crippen LogP contribution is 2.26. The minimum absolute atomic E-state index is 0.223. The van der Waals surface area contributed by atoms with E-state index in [1.165, 1.54) is 4.31 Å². The fraction of sp³-hybridized carbons (Fsp3) is 0.353. The minimum Gasteiger partial charge on any atom is -0.353 e. The molecule has 24 heavy (non-hydrogen) atoms. The van der Waals surface area contributed by atoms with Crippen molar-refractivity contribution in [3.05, 3.63) is 54.9 Å². The Morgan fingerprint density at radius 2 is 1.83 bits per heavy atom. The molecule has 0 radical (unpaired) electrons. The Hall–Kier alpha value is -2.12. The van der Waals surface area contributed by atoms with Crippen molar-refractivity contribution in [1.29, 1.82) is 0 Å². The summed E-state index contributed by atoms with van der Waals surface area (Å²) < 4.78 is 28.8. The Morgan fingerprint density at radius 3 is 2.54 bits per heavy atom. The molecule has 1 atom stereocenters. The van der Waals surface area contributed by atoms with Crippen LogP contribution in [0.5, 0.6) is 0 Å². The molecule has 1 saturated heterocycles. The predicted molar refractivity (Wildman–Crippen MR) is 90.8 cm³/mol. The molecule has 3 rings (SSSR count). The first-order chi connectivity index (χ1) is 11.6. The number of carbonyl (C=O) groups is 1. The summed E-state index contributed by atoms with van der Waals surface area (Å²) in [6.07, 6.45) is 5.10. The first kappa shape index (κ1) is 16.7. The largest absolute Gasteiger partial charge is 0.353 e. The maximum atomic E-state index is 12.8. The highest BCUT2D eigenvalue weighted by atomic mass is 32.2. The summed E-state index contributed by atoms with van der Waals surface area (Å²) in [5.74, 6) is -0.223. The topological polar surface area (TPSA) is 71.4 Å². The average Bonchev–Trinajstić information content (AvgIpc) is 3.27. The lowest BCUT2D eigenvalue weighted by molar-refractivity contribution is -0.124. The first-order valence-corrected chi connectivity index (χ1v) is 9.48. The van der Waals surface area contributed by atoms with Crippen molar-refractivity contribution in [2.45, 2.75) is 30.3 Å². The second kappa shape index (κ2) is 7.19. The zero-order valence-corrected chi connectivity index (χ0v) is 14.2. The highest BCUT2D eigenvalue weighted by Gasteiger charge is 2.39.